The highest BCUT2D eigenvalue weighted by Crippen LogP contribution is 2.22. The number of esters is 1. The van der Waals surface area contributed by atoms with Crippen LogP contribution in [0.2, 0.25) is 0 Å². The van der Waals surface area contributed by atoms with E-state index in [0.29, 0.717) is 16.8 Å². The molecule has 2 aromatic carbocycles. The Morgan fingerprint density at radius 1 is 1.05 bits per heavy atom. The quantitative estimate of drug-likeness (QED) is 0.367. The molecule has 0 atom stereocenters. The number of unbranched alkanes of at least 4 members (excludes halogenated alkanes) is 1. The van der Waals surface area contributed by atoms with Gasteiger partial charge in [-0.15, -0.1) is 0 Å². The summed E-state index contributed by atoms with van der Waals surface area (Å²) in [5, 5.41) is 5.23. The number of carbonyl (C=O) groups excluding carboxylic acids is 2. The zero-order valence-electron chi connectivity index (χ0n) is 20.6. The van der Waals surface area contributed by atoms with E-state index in [-0.39, 0.29) is 33.3 Å². The van der Waals surface area contributed by atoms with E-state index in [9.17, 15) is 26.4 Å². The minimum Gasteiger partial charge on any atom is -0.465 e. The van der Waals surface area contributed by atoms with Gasteiger partial charge >= 0.3 is 5.97 Å². The summed E-state index contributed by atoms with van der Waals surface area (Å²) < 4.78 is 57.2. The number of nitrogens with zero attached hydrogens (tertiary/aromatic N) is 3. The Morgan fingerprint density at radius 3 is 2.30 bits per heavy atom. The predicted molar refractivity (Wildman–Crippen MR) is 139 cm³/mol. The predicted octanol–water partition coefficient (Wildman–Crippen LogP) is 2.07. The normalized spacial score (nSPS) is 12.8. The van der Waals surface area contributed by atoms with Crippen molar-refractivity contribution in [3.63, 3.8) is 0 Å². The third-order valence-corrected chi connectivity index (χ3v) is 9.23. The molecular formula is C23H28N4O7S3. The van der Waals surface area contributed by atoms with Crippen molar-refractivity contribution in [1.82, 2.24) is 8.87 Å². The van der Waals surface area contributed by atoms with Crippen molar-refractivity contribution in [2.24, 2.45) is 10.1 Å². The summed E-state index contributed by atoms with van der Waals surface area (Å²) >= 11 is 1.00. The van der Waals surface area contributed by atoms with Gasteiger partial charge in [0.1, 0.15) is 6.54 Å². The monoisotopic (exact) mass is 568 g/mol. The first-order valence-corrected chi connectivity index (χ1v) is 15.2. The maximum atomic E-state index is 13.0. The highest BCUT2D eigenvalue weighted by Gasteiger charge is 2.21. The van der Waals surface area contributed by atoms with E-state index in [4.69, 9.17) is 9.88 Å². The van der Waals surface area contributed by atoms with Crippen LogP contribution in [0.1, 0.15) is 37.0 Å². The zero-order chi connectivity index (χ0) is 27.4. The van der Waals surface area contributed by atoms with Crippen molar-refractivity contribution < 1.29 is 31.2 Å². The molecule has 200 valence electrons. The lowest BCUT2D eigenvalue weighted by atomic mass is 10.2. The number of primary sulfonamides is 1. The van der Waals surface area contributed by atoms with Gasteiger partial charge in [-0.3, -0.25) is 9.59 Å². The summed E-state index contributed by atoms with van der Waals surface area (Å²) in [6.45, 7) is 3.92. The number of carbonyl (C=O) groups is 2. The molecule has 37 heavy (non-hydrogen) atoms. The van der Waals surface area contributed by atoms with Gasteiger partial charge in [-0.05, 0) is 55.8 Å². The van der Waals surface area contributed by atoms with E-state index in [1.807, 2.05) is 6.92 Å². The molecule has 0 saturated carbocycles. The van der Waals surface area contributed by atoms with Gasteiger partial charge in [-0.1, -0.05) is 24.7 Å². The lowest BCUT2D eigenvalue weighted by Gasteiger charge is -2.16. The van der Waals surface area contributed by atoms with Crippen LogP contribution >= 0.6 is 11.3 Å². The maximum Gasteiger partial charge on any atom is 0.326 e. The summed E-state index contributed by atoms with van der Waals surface area (Å²) in [5.41, 5.74) is 0.606. The Kier molecular flexibility index (Phi) is 9.02. The van der Waals surface area contributed by atoms with Crippen LogP contribution in [0.15, 0.2) is 57.2 Å². The Labute approximate surface area is 219 Å². The molecule has 0 aliphatic rings. The van der Waals surface area contributed by atoms with Gasteiger partial charge in [0, 0.05) is 19.2 Å². The first-order valence-electron chi connectivity index (χ1n) is 11.4. The van der Waals surface area contributed by atoms with Gasteiger partial charge in [0.2, 0.25) is 20.0 Å². The number of sulfonamides is 2. The second kappa shape index (κ2) is 11.6. The van der Waals surface area contributed by atoms with E-state index in [1.165, 1.54) is 58.4 Å². The number of amides is 1. The number of ether oxygens (including phenoxy) is 1. The number of nitrogens with two attached hydrogens (primary N) is 1. The molecular weight excluding hydrogens is 540 g/mol. The van der Waals surface area contributed by atoms with Gasteiger partial charge in [0.25, 0.3) is 5.91 Å². The van der Waals surface area contributed by atoms with Crippen LogP contribution in [0, 0.1) is 0 Å². The number of benzene rings is 2. The van der Waals surface area contributed by atoms with E-state index in [2.05, 4.69) is 4.99 Å². The molecule has 0 spiro atoms. The van der Waals surface area contributed by atoms with E-state index >= 15 is 0 Å². The summed E-state index contributed by atoms with van der Waals surface area (Å²) in [5.74, 6) is -1.23. The molecule has 0 fully saturated rings. The number of rotatable bonds is 10. The average molecular weight is 569 g/mol. The Balaban J connectivity index is 2.02. The van der Waals surface area contributed by atoms with E-state index in [1.54, 1.807) is 6.92 Å². The fourth-order valence-electron chi connectivity index (χ4n) is 3.41. The number of aromatic nitrogens is 1. The molecule has 0 saturated heterocycles. The van der Waals surface area contributed by atoms with Crippen molar-refractivity contribution >= 4 is 53.5 Å². The SMILES string of the molecule is CCCCN(C)S(=O)(=O)c1ccc(C(=O)N=c2sc3cc(S(N)(=O)=O)ccc3n2CC(=O)OCC)cc1. The first kappa shape index (κ1) is 28.7. The van der Waals surface area contributed by atoms with Crippen molar-refractivity contribution in [2.45, 2.75) is 43.0 Å². The van der Waals surface area contributed by atoms with Crippen LogP contribution in [0.3, 0.4) is 0 Å². The molecule has 11 nitrogen and oxygen atoms in total. The third-order valence-electron chi connectivity index (χ3n) is 5.41. The lowest BCUT2D eigenvalue weighted by Crippen LogP contribution is -2.27. The van der Waals surface area contributed by atoms with E-state index < -0.39 is 31.9 Å². The van der Waals surface area contributed by atoms with Gasteiger partial charge in [0.15, 0.2) is 4.80 Å². The van der Waals surface area contributed by atoms with Crippen LogP contribution in [0.4, 0.5) is 0 Å². The molecule has 1 amide bonds. The Hall–Kier alpha value is -2.91. The summed E-state index contributed by atoms with van der Waals surface area (Å²) in [6.07, 6.45) is 1.58. The lowest BCUT2D eigenvalue weighted by molar-refractivity contribution is -0.143. The fourth-order valence-corrected chi connectivity index (χ4v) is 6.30. The number of hydrogen-bond donors (Lipinski definition) is 1. The van der Waals surface area contributed by atoms with Crippen molar-refractivity contribution in [2.75, 3.05) is 20.2 Å². The van der Waals surface area contributed by atoms with Crippen molar-refractivity contribution in [3.05, 3.63) is 52.8 Å². The average Bonchev–Trinajstić information content (AvgIpc) is 3.17. The van der Waals surface area contributed by atoms with Crippen molar-refractivity contribution in [1.29, 1.82) is 0 Å². The van der Waals surface area contributed by atoms with Crippen LogP contribution in [0.25, 0.3) is 10.2 Å². The Morgan fingerprint density at radius 2 is 1.70 bits per heavy atom. The summed E-state index contributed by atoms with van der Waals surface area (Å²) in [7, 11) is -6.16. The molecule has 0 radical (unpaired) electrons. The minimum absolute atomic E-state index is 0.0532. The highest BCUT2D eigenvalue weighted by atomic mass is 32.2. The topological polar surface area (TPSA) is 158 Å². The molecule has 0 bridgehead atoms. The van der Waals surface area contributed by atoms with Crippen molar-refractivity contribution in [3.8, 4) is 0 Å². The molecule has 3 rings (SSSR count). The molecule has 1 heterocycles. The molecule has 2 N–H and O–H groups in total. The van der Waals surface area contributed by atoms with Gasteiger partial charge in [-0.25, -0.2) is 26.3 Å². The fraction of sp³-hybridized carbons (Fsp3) is 0.348. The van der Waals surface area contributed by atoms with Gasteiger partial charge in [-0.2, -0.15) is 4.99 Å². The third kappa shape index (κ3) is 6.70. The maximum absolute atomic E-state index is 13.0. The van der Waals surface area contributed by atoms with E-state index in [0.717, 1.165) is 24.2 Å². The summed E-state index contributed by atoms with van der Waals surface area (Å²) in [4.78, 5) is 29.3. The summed E-state index contributed by atoms with van der Waals surface area (Å²) in [6, 6.07) is 9.54. The smallest absolute Gasteiger partial charge is 0.326 e. The minimum atomic E-state index is -3.97. The molecule has 3 aromatic rings. The van der Waals surface area contributed by atoms with Gasteiger partial charge < -0.3 is 9.30 Å². The number of thiazole rings is 1. The largest absolute Gasteiger partial charge is 0.465 e. The van der Waals surface area contributed by atoms with Crippen LogP contribution in [-0.2, 0) is 36.1 Å². The second-order valence-corrected chi connectivity index (χ2v) is 12.7. The number of hydrogen-bond acceptors (Lipinski definition) is 8. The zero-order valence-corrected chi connectivity index (χ0v) is 23.0. The molecule has 1 aromatic heterocycles. The molecule has 0 aliphatic carbocycles. The standard InChI is InChI=1S/C23H28N4O7S3/c1-4-6-13-26(3)37(32,33)17-9-7-16(8-10-17)22(29)25-23-27(15-21(28)34-5-2)19-12-11-18(36(24,30)31)14-20(19)35-23/h7-12,14H,4-6,13,15H2,1-3H3,(H2,24,30,31). The van der Waals surface area contributed by atoms with Gasteiger partial charge in [0.05, 0.1) is 26.6 Å². The number of fused-ring (bicyclic) bond motifs is 1. The highest BCUT2D eigenvalue weighted by molar-refractivity contribution is 7.89. The Bertz CT molecular complexity index is 1590. The van der Waals surface area contributed by atoms with Crippen LogP contribution in [-0.4, -0.2) is 57.8 Å². The molecule has 0 unspecified atom stereocenters. The second-order valence-electron chi connectivity index (χ2n) is 8.07. The van der Waals surface area contributed by atoms with Crippen LogP contribution < -0.4 is 9.94 Å². The van der Waals surface area contributed by atoms with Crippen LogP contribution in [0.5, 0.6) is 0 Å². The molecule has 14 heteroatoms. The first-order chi connectivity index (χ1) is 17.4. The molecule has 0 aliphatic heterocycles.